The number of carboxylic acids is 1. The van der Waals surface area contributed by atoms with Crippen LogP contribution in [0.2, 0.25) is 0 Å². The first-order valence-electron chi connectivity index (χ1n) is 12.0. The highest BCUT2D eigenvalue weighted by Crippen LogP contribution is 2.44. The summed E-state index contributed by atoms with van der Waals surface area (Å²) in [5.41, 5.74) is 4.76. The van der Waals surface area contributed by atoms with Gasteiger partial charge in [-0.1, -0.05) is 48.5 Å². The van der Waals surface area contributed by atoms with E-state index in [1.165, 1.54) is 22.3 Å². The molecule has 2 aromatic carbocycles. The van der Waals surface area contributed by atoms with Crippen LogP contribution in [0.15, 0.2) is 48.5 Å². The lowest BCUT2D eigenvalue weighted by atomic mass is 9.98. The molecule has 0 bridgehead atoms. The van der Waals surface area contributed by atoms with E-state index >= 15 is 0 Å². The van der Waals surface area contributed by atoms with Crippen molar-refractivity contribution in [2.24, 2.45) is 5.92 Å². The molecule has 2 aromatic rings. The molecule has 1 fully saturated rings. The van der Waals surface area contributed by atoms with Crippen molar-refractivity contribution >= 4 is 18.0 Å². The second-order valence-corrected chi connectivity index (χ2v) is 9.36. The van der Waals surface area contributed by atoms with Crippen molar-refractivity contribution in [2.75, 3.05) is 20.2 Å². The third-order valence-corrected chi connectivity index (χ3v) is 6.98. The summed E-state index contributed by atoms with van der Waals surface area (Å²) in [7, 11) is 1.71. The summed E-state index contributed by atoms with van der Waals surface area (Å²) in [6.45, 7) is 0.731. The maximum atomic E-state index is 12.5. The van der Waals surface area contributed by atoms with Crippen LogP contribution in [-0.2, 0) is 14.3 Å². The number of nitrogens with one attached hydrogen (secondary N) is 1. The van der Waals surface area contributed by atoms with E-state index in [-0.39, 0.29) is 36.8 Å². The number of benzene rings is 2. The van der Waals surface area contributed by atoms with Gasteiger partial charge < -0.3 is 20.1 Å². The molecule has 7 heteroatoms. The number of nitrogens with zero attached hydrogens (tertiary/aromatic N) is 1. The quantitative estimate of drug-likeness (QED) is 0.573. The molecule has 1 saturated carbocycles. The van der Waals surface area contributed by atoms with Crippen LogP contribution in [0.25, 0.3) is 11.1 Å². The maximum Gasteiger partial charge on any atom is 0.407 e. The standard InChI is InChI=1S/C27H32N2O5/c1-29(14-6-11-26(31)32)25(30)16-18-12-13-19(15-18)28-27(33)34-17-24-22-9-4-2-7-20(22)21-8-3-5-10-23(21)24/h2-5,7-10,18-19,24H,6,11-17H2,1H3,(H,28,33)(H,31,32)/t18-,19+/m1/s1. The Morgan fingerprint density at radius 3 is 2.32 bits per heavy atom. The summed E-state index contributed by atoms with van der Waals surface area (Å²) in [6.07, 6.45) is 2.98. The summed E-state index contributed by atoms with van der Waals surface area (Å²) in [6, 6.07) is 16.5. The highest BCUT2D eigenvalue weighted by molar-refractivity contribution is 5.79. The molecule has 7 nitrogen and oxygen atoms in total. The lowest BCUT2D eigenvalue weighted by Gasteiger charge is -2.19. The van der Waals surface area contributed by atoms with Gasteiger partial charge in [-0.3, -0.25) is 9.59 Å². The minimum Gasteiger partial charge on any atom is -0.481 e. The van der Waals surface area contributed by atoms with Gasteiger partial charge in [-0.05, 0) is 53.9 Å². The van der Waals surface area contributed by atoms with E-state index in [1.54, 1.807) is 11.9 Å². The Labute approximate surface area is 200 Å². The van der Waals surface area contributed by atoms with Crippen LogP contribution in [0.5, 0.6) is 0 Å². The summed E-state index contributed by atoms with van der Waals surface area (Å²) in [4.78, 5) is 37.2. The molecule has 0 aliphatic heterocycles. The van der Waals surface area contributed by atoms with Gasteiger partial charge in [0.1, 0.15) is 6.61 Å². The fourth-order valence-electron chi connectivity index (χ4n) is 5.19. The van der Waals surface area contributed by atoms with E-state index < -0.39 is 12.1 Å². The third kappa shape index (κ3) is 5.58. The predicted molar refractivity (Wildman–Crippen MR) is 128 cm³/mol. The maximum absolute atomic E-state index is 12.5. The van der Waals surface area contributed by atoms with E-state index in [9.17, 15) is 14.4 Å². The van der Waals surface area contributed by atoms with Crippen molar-refractivity contribution in [3.8, 4) is 11.1 Å². The zero-order valence-corrected chi connectivity index (χ0v) is 19.5. The number of carboxylic acid groups (broad SMARTS) is 1. The SMILES string of the molecule is CN(CCCC(=O)O)C(=O)C[C@@H]1CC[C@H](NC(=O)OCC2c3ccccc3-c3ccccc32)C1. The smallest absolute Gasteiger partial charge is 0.407 e. The van der Waals surface area contributed by atoms with Gasteiger partial charge in [-0.2, -0.15) is 0 Å². The van der Waals surface area contributed by atoms with Crippen LogP contribution in [-0.4, -0.2) is 54.2 Å². The summed E-state index contributed by atoms with van der Waals surface area (Å²) in [5, 5.41) is 11.7. The highest BCUT2D eigenvalue weighted by Gasteiger charge is 2.31. The molecule has 34 heavy (non-hydrogen) atoms. The molecule has 2 amide bonds. The normalized spacial score (nSPS) is 18.7. The number of ether oxygens (including phenoxy) is 1. The van der Waals surface area contributed by atoms with Gasteiger partial charge in [-0.15, -0.1) is 0 Å². The number of hydrogen-bond donors (Lipinski definition) is 2. The number of hydrogen-bond acceptors (Lipinski definition) is 4. The van der Waals surface area contributed by atoms with Crippen molar-refractivity contribution in [3.05, 3.63) is 59.7 Å². The zero-order valence-electron chi connectivity index (χ0n) is 19.5. The van der Waals surface area contributed by atoms with Gasteiger partial charge in [-0.25, -0.2) is 4.79 Å². The molecule has 0 unspecified atom stereocenters. The fourth-order valence-corrected chi connectivity index (χ4v) is 5.19. The fraction of sp³-hybridized carbons (Fsp3) is 0.444. The molecular formula is C27H32N2O5. The molecule has 180 valence electrons. The number of aliphatic carboxylic acids is 1. The van der Waals surface area contributed by atoms with Crippen molar-refractivity contribution in [1.82, 2.24) is 10.2 Å². The van der Waals surface area contributed by atoms with Gasteiger partial charge in [0, 0.05) is 38.4 Å². The van der Waals surface area contributed by atoms with Gasteiger partial charge in [0.05, 0.1) is 0 Å². The second kappa shape index (κ2) is 10.7. The Morgan fingerprint density at radius 1 is 1.03 bits per heavy atom. The molecule has 0 aromatic heterocycles. The molecular weight excluding hydrogens is 432 g/mol. The zero-order chi connectivity index (χ0) is 24.1. The lowest BCUT2D eigenvalue weighted by molar-refractivity contribution is -0.138. The van der Waals surface area contributed by atoms with Crippen molar-refractivity contribution in [1.29, 1.82) is 0 Å². The minimum absolute atomic E-state index is 0.00534. The average Bonchev–Trinajstić information content (AvgIpc) is 3.39. The minimum atomic E-state index is -0.848. The van der Waals surface area contributed by atoms with E-state index in [2.05, 4.69) is 29.6 Å². The Balaban J connectivity index is 1.23. The molecule has 0 heterocycles. The monoisotopic (exact) mass is 464 g/mol. The van der Waals surface area contributed by atoms with Gasteiger partial charge in [0.2, 0.25) is 5.91 Å². The van der Waals surface area contributed by atoms with Crippen LogP contribution in [0.3, 0.4) is 0 Å². The van der Waals surface area contributed by atoms with E-state index in [1.807, 2.05) is 24.3 Å². The Kier molecular flexibility index (Phi) is 7.50. The molecule has 2 aliphatic rings. The first-order chi connectivity index (χ1) is 16.4. The average molecular weight is 465 g/mol. The number of amides is 2. The molecule has 4 rings (SSSR count). The van der Waals surface area contributed by atoms with Gasteiger partial charge in [0.15, 0.2) is 0 Å². The number of carbonyl (C=O) groups excluding carboxylic acids is 2. The van der Waals surface area contributed by atoms with Crippen LogP contribution in [0, 0.1) is 5.92 Å². The summed E-state index contributed by atoms with van der Waals surface area (Å²) >= 11 is 0. The highest BCUT2D eigenvalue weighted by atomic mass is 16.5. The molecule has 0 spiro atoms. The Morgan fingerprint density at radius 2 is 1.68 bits per heavy atom. The Bertz CT molecular complexity index is 1010. The molecule has 2 atom stereocenters. The van der Waals surface area contributed by atoms with Gasteiger partial charge >= 0.3 is 12.1 Å². The van der Waals surface area contributed by atoms with Crippen molar-refractivity contribution in [3.63, 3.8) is 0 Å². The largest absolute Gasteiger partial charge is 0.481 e. The van der Waals surface area contributed by atoms with Crippen LogP contribution in [0.1, 0.15) is 55.6 Å². The van der Waals surface area contributed by atoms with E-state index in [4.69, 9.17) is 9.84 Å². The summed E-state index contributed by atoms with van der Waals surface area (Å²) < 4.78 is 5.65. The molecule has 2 aliphatic carbocycles. The van der Waals surface area contributed by atoms with E-state index in [0.29, 0.717) is 19.4 Å². The first kappa shape index (κ1) is 23.8. The first-order valence-corrected chi connectivity index (χ1v) is 12.0. The predicted octanol–water partition coefficient (Wildman–Crippen LogP) is 4.41. The second-order valence-electron chi connectivity index (χ2n) is 9.36. The topological polar surface area (TPSA) is 95.9 Å². The number of alkyl carbamates (subject to hydrolysis) is 1. The van der Waals surface area contributed by atoms with Crippen LogP contribution < -0.4 is 5.32 Å². The van der Waals surface area contributed by atoms with E-state index in [0.717, 1.165) is 19.3 Å². The lowest BCUT2D eigenvalue weighted by Crippen LogP contribution is -2.34. The number of fused-ring (bicyclic) bond motifs is 3. The molecule has 0 radical (unpaired) electrons. The summed E-state index contributed by atoms with van der Waals surface area (Å²) in [5.74, 6) is -0.576. The van der Waals surface area contributed by atoms with Gasteiger partial charge in [0.25, 0.3) is 0 Å². The number of rotatable bonds is 9. The number of carbonyl (C=O) groups is 3. The van der Waals surface area contributed by atoms with Crippen LogP contribution in [0.4, 0.5) is 4.79 Å². The molecule has 2 N–H and O–H groups in total. The Hall–Kier alpha value is -3.35. The van der Waals surface area contributed by atoms with Crippen LogP contribution >= 0.6 is 0 Å². The van der Waals surface area contributed by atoms with Crippen molar-refractivity contribution < 1.29 is 24.2 Å². The molecule has 0 saturated heterocycles. The van der Waals surface area contributed by atoms with Crippen molar-refractivity contribution in [2.45, 2.75) is 50.5 Å². The third-order valence-electron chi connectivity index (χ3n) is 6.98.